The second-order valence-electron chi connectivity index (χ2n) is 6.05. The molecule has 2 heterocycles. The van der Waals surface area contributed by atoms with Crippen molar-refractivity contribution in [2.45, 2.75) is 19.8 Å². The Balaban J connectivity index is 2.00. The van der Waals surface area contributed by atoms with Crippen LogP contribution in [-0.4, -0.2) is 31.5 Å². The lowest BCUT2D eigenvalue weighted by Crippen LogP contribution is -2.25. The van der Waals surface area contributed by atoms with Gasteiger partial charge in [0.15, 0.2) is 0 Å². The van der Waals surface area contributed by atoms with Crippen molar-refractivity contribution in [3.8, 4) is 17.3 Å². The minimum atomic E-state index is -4.84. The number of amides is 1. The van der Waals surface area contributed by atoms with Gasteiger partial charge in [-0.3, -0.25) is 14.3 Å². The van der Waals surface area contributed by atoms with Crippen LogP contribution in [0.3, 0.4) is 0 Å². The van der Waals surface area contributed by atoms with E-state index in [-0.39, 0.29) is 23.5 Å². The van der Waals surface area contributed by atoms with Crippen molar-refractivity contribution in [3.63, 3.8) is 0 Å². The van der Waals surface area contributed by atoms with Crippen molar-refractivity contribution < 1.29 is 27.8 Å². The number of hydrogen-bond donors (Lipinski definition) is 2. The molecule has 8 nitrogen and oxygen atoms in total. The van der Waals surface area contributed by atoms with Gasteiger partial charge in [0.25, 0.3) is 5.91 Å². The van der Waals surface area contributed by atoms with Crippen LogP contribution in [-0.2, 0) is 6.54 Å². The fourth-order valence-electron chi connectivity index (χ4n) is 2.81. The van der Waals surface area contributed by atoms with Crippen molar-refractivity contribution in [2.24, 2.45) is 5.73 Å². The SMILES string of the molecule is Cc1c(O)n(-c2ccc(OC(F)(F)F)cc2)c(=O)n1Cc1ccncc1C(N)=O. The smallest absolute Gasteiger partial charge is 0.493 e. The summed E-state index contributed by atoms with van der Waals surface area (Å²) in [5, 5.41) is 10.4. The molecule has 0 aliphatic heterocycles. The zero-order valence-corrected chi connectivity index (χ0v) is 15.0. The standard InChI is InChI=1S/C18H15F3N4O4/c1-10-16(27)25(12-2-4-13(5-3-12)29-18(19,20)21)17(28)24(10)9-11-6-7-23-8-14(11)15(22)26/h2-8,27H,9H2,1H3,(H2,22,26). The lowest BCUT2D eigenvalue weighted by Gasteiger charge is -2.09. The normalized spacial score (nSPS) is 11.4. The summed E-state index contributed by atoms with van der Waals surface area (Å²) < 4.78 is 42.8. The Morgan fingerprint density at radius 1 is 1.24 bits per heavy atom. The van der Waals surface area contributed by atoms with E-state index in [0.717, 1.165) is 16.7 Å². The predicted octanol–water partition coefficient (Wildman–Crippen LogP) is 2.09. The van der Waals surface area contributed by atoms with Crippen LogP contribution in [0.25, 0.3) is 5.69 Å². The summed E-state index contributed by atoms with van der Waals surface area (Å²) >= 11 is 0. The number of ether oxygens (including phenoxy) is 1. The molecule has 1 aromatic carbocycles. The summed E-state index contributed by atoms with van der Waals surface area (Å²) in [6, 6.07) is 5.97. The molecule has 0 atom stereocenters. The molecule has 2 aromatic heterocycles. The quantitative estimate of drug-likeness (QED) is 0.671. The van der Waals surface area contributed by atoms with Gasteiger partial charge in [-0.05, 0) is 42.8 Å². The summed E-state index contributed by atoms with van der Waals surface area (Å²) in [5.41, 5.74) is 5.53. The first-order chi connectivity index (χ1) is 13.6. The first kappa shape index (κ1) is 20.0. The van der Waals surface area contributed by atoms with Gasteiger partial charge in [0.1, 0.15) is 5.75 Å². The largest absolute Gasteiger partial charge is 0.573 e. The Morgan fingerprint density at radius 3 is 2.48 bits per heavy atom. The molecule has 0 unspecified atom stereocenters. The number of carbonyl (C=O) groups is 1. The topological polar surface area (TPSA) is 112 Å². The molecule has 0 radical (unpaired) electrons. The highest BCUT2D eigenvalue weighted by molar-refractivity contribution is 5.93. The number of pyridine rings is 1. The average molecular weight is 408 g/mol. The number of primary amides is 1. The van der Waals surface area contributed by atoms with Crippen molar-refractivity contribution in [3.05, 3.63) is 70.0 Å². The molecule has 29 heavy (non-hydrogen) atoms. The van der Waals surface area contributed by atoms with Gasteiger partial charge in [0.05, 0.1) is 23.5 Å². The van der Waals surface area contributed by atoms with Gasteiger partial charge >= 0.3 is 12.1 Å². The van der Waals surface area contributed by atoms with E-state index in [1.165, 1.54) is 42.1 Å². The van der Waals surface area contributed by atoms with Crippen LogP contribution in [0, 0.1) is 6.92 Å². The zero-order valence-electron chi connectivity index (χ0n) is 15.0. The number of halogens is 3. The number of nitrogens with two attached hydrogens (primary N) is 1. The van der Waals surface area contributed by atoms with E-state index in [0.29, 0.717) is 5.56 Å². The summed E-state index contributed by atoms with van der Waals surface area (Å²) in [6.07, 6.45) is -2.14. The molecular weight excluding hydrogens is 393 g/mol. The fourth-order valence-corrected chi connectivity index (χ4v) is 2.81. The molecule has 0 fully saturated rings. The lowest BCUT2D eigenvalue weighted by molar-refractivity contribution is -0.274. The van der Waals surface area contributed by atoms with Gasteiger partial charge in [-0.2, -0.15) is 0 Å². The Bertz CT molecular complexity index is 1120. The van der Waals surface area contributed by atoms with E-state index in [1.807, 2.05) is 0 Å². The van der Waals surface area contributed by atoms with E-state index in [4.69, 9.17) is 5.73 Å². The van der Waals surface area contributed by atoms with Gasteiger partial charge in [-0.25, -0.2) is 9.36 Å². The molecule has 0 spiro atoms. The molecule has 3 rings (SSSR count). The van der Waals surface area contributed by atoms with E-state index < -0.39 is 29.6 Å². The Kier molecular flexibility index (Phi) is 5.06. The van der Waals surface area contributed by atoms with Gasteiger partial charge in [0, 0.05) is 12.4 Å². The van der Waals surface area contributed by atoms with Crippen LogP contribution in [0.2, 0.25) is 0 Å². The molecule has 0 saturated heterocycles. The maximum atomic E-state index is 12.8. The van der Waals surface area contributed by atoms with E-state index in [9.17, 15) is 27.9 Å². The highest BCUT2D eigenvalue weighted by Gasteiger charge is 2.31. The average Bonchev–Trinajstić information content (AvgIpc) is 2.85. The minimum Gasteiger partial charge on any atom is -0.493 e. The molecule has 11 heteroatoms. The van der Waals surface area contributed by atoms with Crippen LogP contribution >= 0.6 is 0 Å². The third-order valence-electron chi connectivity index (χ3n) is 4.20. The van der Waals surface area contributed by atoms with Crippen LogP contribution in [0.5, 0.6) is 11.6 Å². The van der Waals surface area contributed by atoms with Crippen LogP contribution in [0.4, 0.5) is 13.2 Å². The Morgan fingerprint density at radius 2 is 1.90 bits per heavy atom. The van der Waals surface area contributed by atoms with Gasteiger partial charge in [-0.15, -0.1) is 13.2 Å². The van der Waals surface area contributed by atoms with Crippen LogP contribution in [0.1, 0.15) is 21.6 Å². The number of carbonyl (C=O) groups excluding carboxylic acids is 1. The lowest BCUT2D eigenvalue weighted by atomic mass is 10.1. The minimum absolute atomic E-state index is 0.0682. The summed E-state index contributed by atoms with van der Waals surface area (Å²) in [5.74, 6) is -1.58. The molecule has 3 aromatic rings. The number of aromatic nitrogens is 3. The maximum Gasteiger partial charge on any atom is 0.573 e. The molecule has 152 valence electrons. The highest BCUT2D eigenvalue weighted by atomic mass is 19.4. The van der Waals surface area contributed by atoms with E-state index in [2.05, 4.69) is 9.72 Å². The molecular formula is C18H15F3N4O4. The van der Waals surface area contributed by atoms with Crippen molar-refractivity contribution in [1.82, 2.24) is 14.1 Å². The third kappa shape index (κ3) is 4.08. The van der Waals surface area contributed by atoms with Crippen molar-refractivity contribution in [2.75, 3.05) is 0 Å². The fraction of sp³-hybridized carbons (Fsp3) is 0.167. The maximum absolute atomic E-state index is 12.8. The molecule has 3 N–H and O–H groups in total. The number of aromatic hydroxyl groups is 1. The number of hydrogen-bond acceptors (Lipinski definition) is 5. The summed E-state index contributed by atoms with van der Waals surface area (Å²) in [7, 11) is 0. The van der Waals surface area contributed by atoms with Gasteiger partial charge < -0.3 is 15.6 Å². The number of nitrogens with zero attached hydrogens (tertiary/aromatic N) is 3. The number of rotatable bonds is 5. The van der Waals surface area contributed by atoms with E-state index >= 15 is 0 Å². The third-order valence-corrected chi connectivity index (χ3v) is 4.20. The first-order valence-corrected chi connectivity index (χ1v) is 8.18. The molecule has 0 aliphatic rings. The predicted molar refractivity (Wildman–Crippen MR) is 95.0 cm³/mol. The van der Waals surface area contributed by atoms with Gasteiger partial charge in [0.2, 0.25) is 5.88 Å². The molecule has 1 amide bonds. The molecule has 0 saturated carbocycles. The number of imidazole rings is 1. The highest BCUT2D eigenvalue weighted by Crippen LogP contribution is 2.26. The number of benzene rings is 1. The summed E-state index contributed by atoms with van der Waals surface area (Å²) in [4.78, 5) is 28.2. The Hall–Kier alpha value is -3.76. The zero-order chi connectivity index (χ0) is 21.3. The molecule has 0 aliphatic carbocycles. The van der Waals surface area contributed by atoms with Crippen LogP contribution < -0.4 is 16.2 Å². The molecule has 0 bridgehead atoms. The second kappa shape index (κ2) is 7.34. The monoisotopic (exact) mass is 408 g/mol. The number of alkyl halides is 3. The van der Waals surface area contributed by atoms with E-state index in [1.54, 1.807) is 0 Å². The second-order valence-corrected chi connectivity index (χ2v) is 6.05. The Labute approximate surface area is 161 Å². The first-order valence-electron chi connectivity index (χ1n) is 8.18. The van der Waals surface area contributed by atoms with Crippen LogP contribution in [0.15, 0.2) is 47.5 Å². The van der Waals surface area contributed by atoms with Crippen molar-refractivity contribution >= 4 is 5.91 Å². The van der Waals surface area contributed by atoms with Gasteiger partial charge in [-0.1, -0.05) is 0 Å². The van der Waals surface area contributed by atoms with Crippen molar-refractivity contribution in [1.29, 1.82) is 0 Å². The summed E-state index contributed by atoms with van der Waals surface area (Å²) in [6.45, 7) is 1.42.